The van der Waals surface area contributed by atoms with Crippen LogP contribution in [0.3, 0.4) is 0 Å². The van der Waals surface area contributed by atoms with Gasteiger partial charge in [0, 0.05) is 0 Å². The largest absolute Gasteiger partial charge is 0.475 e. The van der Waals surface area contributed by atoms with Crippen molar-refractivity contribution in [1.82, 2.24) is 10.6 Å². The molecule has 0 saturated heterocycles. The summed E-state index contributed by atoms with van der Waals surface area (Å²) >= 11 is 0. The molecule has 0 unspecified atom stereocenters. The van der Waals surface area contributed by atoms with Gasteiger partial charge < -0.3 is 20.7 Å². The Balaban J connectivity index is 2.97. The van der Waals surface area contributed by atoms with E-state index in [1.54, 1.807) is 0 Å². The minimum Gasteiger partial charge on any atom is -0.426 e. The van der Waals surface area contributed by atoms with Gasteiger partial charge in [-0.2, -0.15) is 13.2 Å². The number of nitrogens with one attached hydrogen (secondary N) is 2. The highest BCUT2D eigenvalue weighted by molar-refractivity contribution is 6.43. The van der Waals surface area contributed by atoms with Crippen molar-refractivity contribution in [1.29, 1.82) is 0 Å². The molecule has 1 rings (SSSR count). The molecule has 0 bridgehead atoms. The van der Waals surface area contributed by atoms with Crippen molar-refractivity contribution in [2.24, 2.45) is 5.92 Å². The van der Waals surface area contributed by atoms with Crippen molar-refractivity contribution in [3.63, 3.8) is 0 Å². The Labute approximate surface area is 156 Å². The Kier molecular flexibility index (Phi) is 7.44. The fourth-order valence-electron chi connectivity index (χ4n) is 2.45. The summed E-state index contributed by atoms with van der Waals surface area (Å²) in [5, 5.41) is 23.5. The molecular formula is C17H24BF3N2O4. The van der Waals surface area contributed by atoms with Gasteiger partial charge in [0.15, 0.2) is 0 Å². The van der Waals surface area contributed by atoms with Crippen molar-refractivity contribution < 1.29 is 32.8 Å². The molecule has 0 spiro atoms. The van der Waals surface area contributed by atoms with Crippen molar-refractivity contribution in [2.75, 3.05) is 0 Å². The van der Waals surface area contributed by atoms with E-state index < -0.39 is 47.7 Å². The topological polar surface area (TPSA) is 98.7 Å². The third-order valence-corrected chi connectivity index (χ3v) is 3.87. The lowest BCUT2D eigenvalue weighted by molar-refractivity contribution is -0.137. The molecule has 4 N–H and O–H groups in total. The number of carbonyl (C=O) groups excluding carboxylic acids is 2. The van der Waals surface area contributed by atoms with Gasteiger partial charge in [-0.05, 0) is 38.3 Å². The molecule has 1 aromatic rings. The zero-order valence-electron chi connectivity index (χ0n) is 15.6. The summed E-state index contributed by atoms with van der Waals surface area (Å²) in [5.74, 6) is -2.74. The monoisotopic (exact) mass is 388 g/mol. The van der Waals surface area contributed by atoms with Gasteiger partial charge in [0.25, 0.3) is 5.91 Å². The summed E-state index contributed by atoms with van der Waals surface area (Å²) in [5.41, 5.74) is -3.30. The lowest BCUT2D eigenvalue weighted by atomic mass is 9.74. The molecule has 6 nitrogen and oxygen atoms in total. The van der Waals surface area contributed by atoms with E-state index in [0.717, 1.165) is 18.2 Å². The first kappa shape index (κ1) is 23.0. The SMILES string of the molecule is CC(C)C[C@H](NC(=O)C(C)(C)NC(=O)c1ccccc1C(F)(F)F)B(O)O. The second-order valence-corrected chi connectivity index (χ2v) is 7.25. The van der Waals surface area contributed by atoms with Crippen LogP contribution >= 0.6 is 0 Å². The summed E-state index contributed by atoms with van der Waals surface area (Å²) < 4.78 is 39.2. The Hall–Kier alpha value is -2.07. The van der Waals surface area contributed by atoms with Crippen molar-refractivity contribution >= 4 is 18.9 Å². The second-order valence-electron chi connectivity index (χ2n) is 7.25. The van der Waals surface area contributed by atoms with Crippen LogP contribution in [0.25, 0.3) is 0 Å². The predicted molar refractivity (Wildman–Crippen MR) is 94.6 cm³/mol. The minimum atomic E-state index is -4.72. The van der Waals surface area contributed by atoms with Crippen LogP contribution in [-0.2, 0) is 11.0 Å². The summed E-state index contributed by atoms with van der Waals surface area (Å²) in [6.45, 7) is 6.27. The first-order valence-electron chi connectivity index (χ1n) is 8.41. The van der Waals surface area contributed by atoms with Gasteiger partial charge in [-0.25, -0.2) is 0 Å². The highest BCUT2D eigenvalue weighted by Gasteiger charge is 2.38. The molecule has 0 aliphatic rings. The molecule has 1 atom stereocenters. The van der Waals surface area contributed by atoms with Crippen LogP contribution in [0.5, 0.6) is 0 Å². The number of alkyl halides is 3. The van der Waals surface area contributed by atoms with E-state index in [1.165, 1.54) is 19.9 Å². The molecule has 0 aromatic heterocycles. The maximum absolute atomic E-state index is 13.1. The Morgan fingerprint density at radius 3 is 2.19 bits per heavy atom. The van der Waals surface area contributed by atoms with Gasteiger partial charge in [0.1, 0.15) is 5.54 Å². The second kappa shape index (κ2) is 8.75. The quantitative estimate of drug-likeness (QED) is 0.535. The fourth-order valence-corrected chi connectivity index (χ4v) is 2.45. The number of benzene rings is 1. The number of carbonyl (C=O) groups is 2. The van der Waals surface area contributed by atoms with Crippen LogP contribution in [-0.4, -0.2) is 40.5 Å². The third kappa shape index (κ3) is 6.55. The van der Waals surface area contributed by atoms with Gasteiger partial charge in [0.05, 0.1) is 17.1 Å². The summed E-state index contributed by atoms with van der Waals surface area (Å²) in [7, 11) is -1.81. The van der Waals surface area contributed by atoms with E-state index >= 15 is 0 Å². The zero-order valence-corrected chi connectivity index (χ0v) is 15.6. The molecular weight excluding hydrogens is 364 g/mol. The molecule has 10 heteroatoms. The Morgan fingerprint density at radius 2 is 1.70 bits per heavy atom. The van der Waals surface area contributed by atoms with E-state index in [4.69, 9.17) is 0 Å². The molecule has 0 aliphatic carbocycles. The van der Waals surface area contributed by atoms with Crippen molar-refractivity contribution in [2.45, 2.75) is 51.8 Å². The molecule has 150 valence electrons. The first-order valence-corrected chi connectivity index (χ1v) is 8.41. The number of halogens is 3. The fraction of sp³-hybridized carbons (Fsp3) is 0.529. The summed E-state index contributed by atoms with van der Waals surface area (Å²) in [4.78, 5) is 24.8. The normalized spacial score (nSPS) is 13.3. The van der Waals surface area contributed by atoms with E-state index in [0.29, 0.717) is 0 Å². The molecule has 0 heterocycles. The predicted octanol–water partition coefficient (Wildman–Crippen LogP) is 1.76. The van der Waals surface area contributed by atoms with E-state index in [-0.39, 0.29) is 12.3 Å². The number of hydrogen-bond acceptors (Lipinski definition) is 4. The Morgan fingerprint density at radius 1 is 1.15 bits per heavy atom. The van der Waals surface area contributed by atoms with Crippen LogP contribution in [0.4, 0.5) is 13.2 Å². The number of rotatable bonds is 7. The Bertz CT molecular complexity index is 678. The van der Waals surface area contributed by atoms with Gasteiger partial charge >= 0.3 is 13.3 Å². The molecule has 0 aliphatic heterocycles. The number of hydrogen-bond donors (Lipinski definition) is 4. The lowest BCUT2D eigenvalue weighted by Gasteiger charge is -2.29. The van der Waals surface area contributed by atoms with Crippen LogP contribution in [0, 0.1) is 5.92 Å². The average Bonchev–Trinajstić information content (AvgIpc) is 2.52. The average molecular weight is 388 g/mol. The van der Waals surface area contributed by atoms with Crippen LogP contribution in [0.2, 0.25) is 0 Å². The molecule has 0 saturated carbocycles. The van der Waals surface area contributed by atoms with E-state index in [2.05, 4.69) is 10.6 Å². The maximum Gasteiger partial charge on any atom is 0.475 e. The summed E-state index contributed by atoms with van der Waals surface area (Å²) in [6, 6.07) is 4.25. The molecule has 2 amide bonds. The van der Waals surface area contributed by atoms with Crippen LogP contribution < -0.4 is 10.6 Å². The maximum atomic E-state index is 13.1. The minimum absolute atomic E-state index is 0.0495. The van der Waals surface area contributed by atoms with Crippen molar-refractivity contribution in [3.8, 4) is 0 Å². The highest BCUT2D eigenvalue weighted by atomic mass is 19.4. The smallest absolute Gasteiger partial charge is 0.426 e. The third-order valence-electron chi connectivity index (χ3n) is 3.87. The van der Waals surface area contributed by atoms with Gasteiger partial charge in [-0.3, -0.25) is 9.59 Å². The zero-order chi connectivity index (χ0) is 21.0. The van der Waals surface area contributed by atoms with Gasteiger partial charge in [-0.15, -0.1) is 0 Å². The molecule has 0 fully saturated rings. The highest BCUT2D eigenvalue weighted by Crippen LogP contribution is 2.32. The standard InChI is InChI=1S/C17H24BF3N2O4/c1-10(2)9-13(18(26)27)22-15(25)16(3,4)23-14(24)11-7-5-6-8-12(11)17(19,20)21/h5-8,10,13,26-27H,9H2,1-4H3,(H,22,25)(H,23,24)/t13-/m0/s1. The van der Waals surface area contributed by atoms with Gasteiger partial charge in [-0.1, -0.05) is 26.0 Å². The number of amides is 2. The molecule has 1 aromatic carbocycles. The van der Waals surface area contributed by atoms with E-state index in [9.17, 15) is 32.8 Å². The van der Waals surface area contributed by atoms with Crippen LogP contribution in [0.15, 0.2) is 24.3 Å². The van der Waals surface area contributed by atoms with E-state index in [1.807, 2.05) is 13.8 Å². The van der Waals surface area contributed by atoms with Crippen molar-refractivity contribution in [3.05, 3.63) is 35.4 Å². The van der Waals surface area contributed by atoms with Crippen LogP contribution in [0.1, 0.15) is 50.0 Å². The summed E-state index contributed by atoms with van der Waals surface area (Å²) in [6.07, 6.45) is -4.45. The first-order chi connectivity index (χ1) is 12.3. The lowest BCUT2D eigenvalue weighted by Crippen LogP contribution is -2.59. The van der Waals surface area contributed by atoms with Gasteiger partial charge in [0.2, 0.25) is 5.91 Å². The molecule has 27 heavy (non-hydrogen) atoms. The molecule has 0 radical (unpaired) electrons.